The summed E-state index contributed by atoms with van der Waals surface area (Å²) in [5, 5.41) is 6.49. The molecular weight excluding hydrogens is 320 g/mol. The maximum absolute atomic E-state index is 12.4. The zero-order chi connectivity index (χ0) is 16.8. The summed E-state index contributed by atoms with van der Waals surface area (Å²) in [4.78, 5) is 28.2. The molecule has 122 valence electrons. The van der Waals surface area contributed by atoms with Gasteiger partial charge in [-0.3, -0.25) is 4.79 Å². The quantitative estimate of drug-likeness (QED) is 0.806. The Bertz CT molecular complexity index is 702. The van der Waals surface area contributed by atoms with E-state index in [2.05, 4.69) is 19.9 Å². The van der Waals surface area contributed by atoms with Crippen LogP contribution < -0.4 is 10.1 Å². The molecule has 0 bridgehead atoms. The van der Waals surface area contributed by atoms with Crippen molar-refractivity contribution in [3.8, 4) is 5.88 Å². The van der Waals surface area contributed by atoms with Crippen LogP contribution in [0.1, 0.15) is 41.6 Å². The average Bonchev–Trinajstić information content (AvgIpc) is 2.95. The molecule has 0 unspecified atom stereocenters. The summed E-state index contributed by atoms with van der Waals surface area (Å²) in [5.41, 5.74) is 0.227. The van der Waals surface area contributed by atoms with Crippen LogP contribution in [0, 0.1) is 0 Å². The van der Waals surface area contributed by atoms with Crippen molar-refractivity contribution in [2.75, 3.05) is 11.9 Å². The Kier molecular flexibility index (Phi) is 5.58. The summed E-state index contributed by atoms with van der Waals surface area (Å²) >= 11 is 0.891. The maximum atomic E-state index is 12.4. The molecule has 0 radical (unpaired) electrons. The van der Waals surface area contributed by atoms with E-state index in [1.54, 1.807) is 19.1 Å². The average molecular weight is 336 g/mol. The number of esters is 1. The fourth-order valence-electron chi connectivity index (χ4n) is 1.66. The third-order valence-electron chi connectivity index (χ3n) is 2.55. The number of aromatic nitrogens is 3. The molecule has 2 aromatic heterocycles. The van der Waals surface area contributed by atoms with E-state index in [-0.39, 0.29) is 34.8 Å². The Balaban J connectivity index is 2.21. The van der Waals surface area contributed by atoms with Gasteiger partial charge in [-0.15, -0.1) is 5.10 Å². The van der Waals surface area contributed by atoms with E-state index in [1.807, 2.05) is 13.8 Å². The van der Waals surface area contributed by atoms with Crippen molar-refractivity contribution in [3.63, 3.8) is 0 Å². The highest BCUT2D eigenvalue weighted by atomic mass is 32.1. The van der Waals surface area contributed by atoms with Gasteiger partial charge in [0.2, 0.25) is 11.6 Å². The monoisotopic (exact) mass is 336 g/mol. The predicted molar refractivity (Wildman–Crippen MR) is 83.8 cm³/mol. The van der Waals surface area contributed by atoms with Crippen molar-refractivity contribution in [2.24, 2.45) is 0 Å². The number of hydrogen-bond acceptors (Lipinski definition) is 8. The van der Waals surface area contributed by atoms with Crippen LogP contribution in [0.5, 0.6) is 5.88 Å². The van der Waals surface area contributed by atoms with Crippen LogP contribution >= 0.6 is 11.5 Å². The van der Waals surface area contributed by atoms with Crippen molar-refractivity contribution in [2.45, 2.75) is 26.9 Å². The Hall–Kier alpha value is -2.55. The summed E-state index contributed by atoms with van der Waals surface area (Å²) in [6, 6.07) is 3.21. The van der Waals surface area contributed by atoms with Gasteiger partial charge in [0, 0.05) is 17.7 Å². The molecule has 0 fully saturated rings. The molecule has 1 N–H and O–H groups in total. The van der Waals surface area contributed by atoms with Crippen molar-refractivity contribution in [1.29, 1.82) is 0 Å². The molecule has 9 heteroatoms. The number of anilines is 1. The van der Waals surface area contributed by atoms with Gasteiger partial charge in [0.25, 0.3) is 5.91 Å². The molecule has 0 aliphatic carbocycles. The minimum absolute atomic E-state index is 0.0274. The molecule has 8 nitrogen and oxygen atoms in total. The fraction of sp³-hybridized carbons (Fsp3) is 0.357. The summed E-state index contributed by atoms with van der Waals surface area (Å²) in [5.74, 6) is -0.887. The third-order valence-corrected chi connectivity index (χ3v) is 3.19. The number of carbonyl (C=O) groups is 2. The van der Waals surface area contributed by atoms with Gasteiger partial charge in [-0.05, 0) is 32.9 Å². The minimum Gasteiger partial charge on any atom is -0.474 e. The lowest BCUT2D eigenvalue weighted by Crippen LogP contribution is -2.18. The largest absolute Gasteiger partial charge is 0.474 e. The Labute approximate surface area is 137 Å². The van der Waals surface area contributed by atoms with Gasteiger partial charge < -0.3 is 14.8 Å². The highest BCUT2D eigenvalue weighted by molar-refractivity contribution is 7.10. The zero-order valence-corrected chi connectivity index (χ0v) is 13.7. The first-order chi connectivity index (χ1) is 11.0. The summed E-state index contributed by atoms with van der Waals surface area (Å²) in [6.45, 7) is 5.56. The molecule has 0 spiro atoms. The van der Waals surface area contributed by atoms with Crippen molar-refractivity contribution in [1.82, 2.24) is 14.6 Å². The van der Waals surface area contributed by atoms with Crippen LogP contribution in [0.2, 0.25) is 0 Å². The first-order valence-electron chi connectivity index (χ1n) is 6.95. The zero-order valence-electron chi connectivity index (χ0n) is 12.9. The van der Waals surface area contributed by atoms with Crippen LogP contribution in [-0.2, 0) is 4.74 Å². The number of carbonyl (C=O) groups excluding carboxylic acids is 2. The Morgan fingerprint density at radius 2 is 2.17 bits per heavy atom. The third kappa shape index (κ3) is 4.22. The van der Waals surface area contributed by atoms with E-state index >= 15 is 0 Å². The van der Waals surface area contributed by atoms with Crippen molar-refractivity contribution >= 4 is 28.4 Å². The number of nitrogens with one attached hydrogen (secondary N) is 1. The van der Waals surface area contributed by atoms with E-state index in [1.165, 1.54) is 6.20 Å². The van der Waals surface area contributed by atoms with E-state index in [4.69, 9.17) is 9.47 Å². The standard InChI is InChI=1S/C14H16N4O4S/c1-4-21-14(20)10-13(23-18-17-10)16-11(19)9-6-5-7-15-12(9)22-8(2)3/h5-8H,4H2,1-3H3,(H,16,19). The molecule has 0 aliphatic rings. The first-order valence-corrected chi connectivity index (χ1v) is 7.72. The number of pyridine rings is 1. The number of hydrogen-bond donors (Lipinski definition) is 1. The van der Waals surface area contributed by atoms with E-state index in [0.29, 0.717) is 0 Å². The van der Waals surface area contributed by atoms with Gasteiger partial charge in [0.15, 0.2) is 5.00 Å². The molecule has 0 saturated carbocycles. The molecule has 1 amide bonds. The minimum atomic E-state index is -0.638. The highest BCUT2D eigenvalue weighted by Crippen LogP contribution is 2.22. The lowest BCUT2D eigenvalue weighted by Gasteiger charge is -2.12. The molecule has 23 heavy (non-hydrogen) atoms. The second-order valence-electron chi connectivity index (χ2n) is 4.65. The molecular formula is C14H16N4O4S. The van der Waals surface area contributed by atoms with Gasteiger partial charge in [-0.2, -0.15) is 0 Å². The first kappa shape index (κ1) is 16.8. The van der Waals surface area contributed by atoms with Crippen molar-refractivity contribution < 1.29 is 19.1 Å². The lowest BCUT2D eigenvalue weighted by molar-refractivity contribution is 0.0520. The SMILES string of the molecule is CCOC(=O)c1nnsc1NC(=O)c1cccnc1OC(C)C. The van der Waals surface area contributed by atoms with Crippen LogP contribution in [0.15, 0.2) is 18.3 Å². The maximum Gasteiger partial charge on any atom is 0.362 e. The van der Waals surface area contributed by atoms with Crippen LogP contribution in [0.4, 0.5) is 5.00 Å². The second-order valence-corrected chi connectivity index (χ2v) is 5.40. The molecule has 0 aliphatic heterocycles. The van der Waals surface area contributed by atoms with E-state index in [0.717, 1.165) is 11.5 Å². The van der Waals surface area contributed by atoms with Gasteiger partial charge in [-0.25, -0.2) is 9.78 Å². The topological polar surface area (TPSA) is 103 Å². The van der Waals surface area contributed by atoms with E-state index < -0.39 is 11.9 Å². The Morgan fingerprint density at radius 3 is 2.87 bits per heavy atom. The summed E-state index contributed by atoms with van der Waals surface area (Å²) in [7, 11) is 0. The number of rotatable bonds is 6. The molecule has 2 rings (SSSR count). The number of nitrogens with zero attached hydrogens (tertiary/aromatic N) is 3. The van der Waals surface area contributed by atoms with Gasteiger partial charge in [0.1, 0.15) is 5.56 Å². The fourth-order valence-corrected chi connectivity index (χ4v) is 2.21. The second kappa shape index (κ2) is 7.63. The van der Waals surface area contributed by atoms with Gasteiger partial charge >= 0.3 is 5.97 Å². The normalized spacial score (nSPS) is 10.4. The molecule has 0 aromatic carbocycles. The molecule has 2 aromatic rings. The van der Waals surface area contributed by atoms with Gasteiger partial charge in [0.05, 0.1) is 12.7 Å². The van der Waals surface area contributed by atoms with Crippen LogP contribution in [-0.4, -0.2) is 39.2 Å². The highest BCUT2D eigenvalue weighted by Gasteiger charge is 2.22. The number of ether oxygens (including phenoxy) is 2. The van der Waals surface area contributed by atoms with Crippen molar-refractivity contribution in [3.05, 3.63) is 29.6 Å². The van der Waals surface area contributed by atoms with Gasteiger partial charge in [-0.1, -0.05) is 4.49 Å². The predicted octanol–water partition coefficient (Wildman–Crippen LogP) is 2.15. The van der Waals surface area contributed by atoms with E-state index in [9.17, 15) is 9.59 Å². The lowest BCUT2D eigenvalue weighted by atomic mass is 10.2. The summed E-state index contributed by atoms with van der Waals surface area (Å²) < 4.78 is 14.1. The smallest absolute Gasteiger partial charge is 0.362 e. The Morgan fingerprint density at radius 1 is 1.39 bits per heavy atom. The summed E-state index contributed by atoms with van der Waals surface area (Å²) in [6.07, 6.45) is 1.41. The molecule has 0 atom stereocenters. The number of amides is 1. The van der Waals surface area contributed by atoms with Crippen LogP contribution in [0.3, 0.4) is 0 Å². The molecule has 0 saturated heterocycles. The molecule has 2 heterocycles. The van der Waals surface area contributed by atoms with Crippen LogP contribution in [0.25, 0.3) is 0 Å².